The van der Waals surface area contributed by atoms with Crippen molar-refractivity contribution in [3.8, 4) is 0 Å². The number of hydrogen-bond acceptors (Lipinski definition) is 4. The topological polar surface area (TPSA) is 84.3 Å². The smallest absolute Gasteiger partial charge is 0.269 e. The van der Waals surface area contributed by atoms with Crippen LogP contribution < -0.4 is 10.6 Å². The first-order chi connectivity index (χ1) is 9.65. The van der Waals surface area contributed by atoms with Crippen LogP contribution in [-0.2, 0) is 11.2 Å². The van der Waals surface area contributed by atoms with Crippen LogP contribution in [0.4, 0.5) is 5.69 Å². The molecule has 1 atom stereocenters. The van der Waals surface area contributed by atoms with Gasteiger partial charge in [-0.3, -0.25) is 14.9 Å². The molecule has 1 aromatic carbocycles. The number of nitro benzene ring substituents is 1. The Morgan fingerprint density at radius 3 is 2.95 bits per heavy atom. The van der Waals surface area contributed by atoms with Crippen LogP contribution in [0.1, 0.15) is 18.4 Å². The lowest BCUT2D eigenvalue weighted by Crippen LogP contribution is -2.38. The molecular formula is C14H20ClN3O3. The Hall–Kier alpha value is -1.66. The molecule has 0 saturated carbocycles. The van der Waals surface area contributed by atoms with Gasteiger partial charge in [0.2, 0.25) is 5.91 Å². The molecule has 1 saturated heterocycles. The molecular weight excluding hydrogens is 294 g/mol. The molecule has 1 aliphatic heterocycles. The van der Waals surface area contributed by atoms with Crippen LogP contribution in [0.25, 0.3) is 0 Å². The van der Waals surface area contributed by atoms with Crippen LogP contribution in [0.3, 0.4) is 0 Å². The Balaban J connectivity index is 0.00000220. The molecule has 1 aromatic rings. The number of rotatable bonds is 5. The highest BCUT2D eigenvalue weighted by Gasteiger charge is 2.14. The van der Waals surface area contributed by atoms with Crippen LogP contribution in [0, 0.1) is 16.0 Å². The minimum Gasteiger partial charge on any atom is -0.355 e. The molecule has 1 aliphatic rings. The molecule has 6 nitrogen and oxygen atoms in total. The maximum Gasteiger partial charge on any atom is 0.269 e. The van der Waals surface area contributed by atoms with E-state index in [1.165, 1.54) is 12.1 Å². The number of benzene rings is 1. The summed E-state index contributed by atoms with van der Waals surface area (Å²) in [6, 6.07) is 6.21. The average molecular weight is 314 g/mol. The number of nitrogens with one attached hydrogen (secondary N) is 2. The zero-order valence-electron chi connectivity index (χ0n) is 11.7. The van der Waals surface area contributed by atoms with Crippen molar-refractivity contribution in [3.63, 3.8) is 0 Å². The molecule has 21 heavy (non-hydrogen) atoms. The second kappa shape index (κ2) is 8.59. The summed E-state index contributed by atoms with van der Waals surface area (Å²) in [5.74, 6) is 0.397. The fourth-order valence-electron chi connectivity index (χ4n) is 2.38. The van der Waals surface area contributed by atoms with Gasteiger partial charge in [-0.2, -0.15) is 0 Å². The molecule has 1 fully saturated rings. The van der Waals surface area contributed by atoms with Gasteiger partial charge in [0, 0.05) is 18.7 Å². The summed E-state index contributed by atoms with van der Waals surface area (Å²) in [5.41, 5.74) is 0.685. The van der Waals surface area contributed by atoms with Crippen LogP contribution in [0.15, 0.2) is 24.3 Å². The van der Waals surface area contributed by atoms with Gasteiger partial charge in [-0.25, -0.2) is 0 Å². The molecule has 2 N–H and O–H groups in total. The van der Waals surface area contributed by atoms with E-state index < -0.39 is 4.92 Å². The molecule has 0 bridgehead atoms. The zero-order valence-corrected chi connectivity index (χ0v) is 12.5. The predicted molar refractivity (Wildman–Crippen MR) is 82.7 cm³/mol. The Kier molecular flexibility index (Phi) is 7.11. The highest BCUT2D eigenvalue weighted by Crippen LogP contribution is 2.13. The van der Waals surface area contributed by atoms with Crippen LogP contribution in [0.5, 0.6) is 0 Å². The fraction of sp³-hybridized carbons (Fsp3) is 0.500. The highest BCUT2D eigenvalue weighted by molar-refractivity contribution is 5.85. The third-order valence-electron chi connectivity index (χ3n) is 3.47. The molecule has 1 unspecified atom stereocenters. The largest absolute Gasteiger partial charge is 0.355 e. The summed E-state index contributed by atoms with van der Waals surface area (Å²) in [4.78, 5) is 22.1. The quantitative estimate of drug-likeness (QED) is 0.640. The van der Waals surface area contributed by atoms with Crippen molar-refractivity contribution in [1.82, 2.24) is 10.6 Å². The SMILES string of the molecule is Cl.O=C(Cc1cccc([N+](=O)[O-])c1)NCC1CCCNC1. The second-order valence-electron chi connectivity index (χ2n) is 5.12. The molecule has 0 aliphatic carbocycles. The monoisotopic (exact) mass is 313 g/mol. The molecule has 2 rings (SSSR count). The first-order valence-electron chi connectivity index (χ1n) is 6.86. The summed E-state index contributed by atoms with van der Waals surface area (Å²) < 4.78 is 0. The molecule has 0 radical (unpaired) electrons. The standard InChI is InChI=1S/C14H19N3O3.ClH/c18-14(16-10-12-4-2-6-15-9-12)8-11-3-1-5-13(7-11)17(19)20;/h1,3,5,7,12,15H,2,4,6,8-10H2,(H,16,18);1H. The van der Waals surface area contributed by atoms with Gasteiger partial charge in [-0.15, -0.1) is 12.4 Å². The number of hydrogen-bond donors (Lipinski definition) is 2. The average Bonchev–Trinajstić information content (AvgIpc) is 2.46. The summed E-state index contributed by atoms with van der Waals surface area (Å²) in [6.07, 6.45) is 2.46. The minimum absolute atomic E-state index is 0. The molecule has 1 heterocycles. The number of amides is 1. The number of nitrogens with zero attached hydrogens (tertiary/aromatic N) is 1. The van der Waals surface area contributed by atoms with Crippen molar-refractivity contribution >= 4 is 24.0 Å². The number of carbonyl (C=O) groups excluding carboxylic acids is 1. The fourth-order valence-corrected chi connectivity index (χ4v) is 2.38. The van der Waals surface area contributed by atoms with Crippen molar-refractivity contribution in [2.24, 2.45) is 5.92 Å². The summed E-state index contributed by atoms with van der Waals surface area (Å²) in [5, 5.41) is 16.9. The van der Waals surface area contributed by atoms with Gasteiger partial charge in [0.25, 0.3) is 5.69 Å². The van der Waals surface area contributed by atoms with Gasteiger partial charge in [0.15, 0.2) is 0 Å². The third-order valence-corrected chi connectivity index (χ3v) is 3.47. The van der Waals surface area contributed by atoms with Gasteiger partial charge in [0.1, 0.15) is 0 Å². The van der Waals surface area contributed by atoms with Gasteiger partial charge in [-0.1, -0.05) is 12.1 Å². The van der Waals surface area contributed by atoms with E-state index in [1.54, 1.807) is 12.1 Å². The molecule has 116 valence electrons. The number of non-ortho nitro benzene ring substituents is 1. The van der Waals surface area contributed by atoms with Gasteiger partial charge >= 0.3 is 0 Å². The van der Waals surface area contributed by atoms with Crippen molar-refractivity contribution in [3.05, 3.63) is 39.9 Å². The van der Waals surface area contributed by atoms with E-state index in [2.05, 4.69) is 10.6 Å². The maximum atomic E-state index is 11.8. The number of piperidine rings is 1. The molecule has 7 heteroatoms. The van der Waals surface area contributed by atoms with E-state index in [9.17, 15) is 14.9 Å². The van der Waals surface area contributed by atoms with Crippen molar-refractivity contribution < 1.29 is 9.72 Å². The van der Waals surface area contributed by atoms with Crippen molar-refractivity contribution in [2.75, 3.05) is 19.6 Å². The summed E-state index contributed by atoms with van der Waals surface area (Å²) >= 11 is 0. The van der Waals surface area contributed by atoms with E-state index in [4.69, 9.17) is 0 Å². The minimum atomic E-state index is -0.449. The van der Waals surface area contributed by atoms with Crippen molar-refractivity contribution in [2.45, 2.75) is 19.3 Å². The number of nitro groups is 1. The zero-order chi connectivity index (χ0) is 14.4. The lowest BCUT2D eigenvalue weighted by atomic mass is 9.99. The second-order valence-corrected chi connectivity index (χ2v) is 5.12. The Morgan fingerprint density at radius 2 is 2.29 bits per heavy atom. The Bertz CT molecular complexity index is 490. The number of halogens is 1. The summed E-state index contributed by atoms with van der Waals surface area (Å²) in [6.45, 7) is 2.66. The molecule has 0 aromatic heterocycles. The lowest BCUT2D eigenvalue weighted by molar-refractivity contribution is -0.384. The van der Waals surface area contributed by atoms with Crippen LogP contribution in [0.2, 0.25) is 0 Å². The van der Waals surface area contributed by atoms with Gasteiger partial charge in [-0.05, 0) is 37.4 Å². The Morgan fingerprint density at radius 1 is 1.48 bits per heavy atom. The normalized spacial score (nSPS) is 17.6. The number of carbonyl (C=O) groups is 1. The maximum absolute atomic E-state index is 11.8. The van der Waals surface area contributed by atoms with E-state index in [0.29, 0.717) is 18.0 Å². The third kappa shape index (κ3) is 5.69. The van der Waals surface area contributed by atoms with Gasteiger partial charge < -0.3 is 10.6 Å². The predicted octanol–water partition coefficient (Wildman–Crippen LogP) is 1.67. The van der Waals surface area contributed by atoms with Crippen LogP contribution in [-0.4, -0.2) is 30.5 Å². The van der Waals surface area contributed by atoms with E-state index in [0.717, 1.165) is 25.9 Å². The summed E-state index contributed by atoms with van der Waals surface area (Å²) in [7, 11) is 0. The molecule has 1 amide bonds. The molecule has 0 spiro atoms. The first kappa shape index (κ1) is 17.4. The van der Waals surface area contributed by atoms with Crippen molar-refractivity contribution in [1.29, 1.82) is 0 Å². The van der Waals surface area contributed by atoms with E-state index >= 15 is 0 Å². The highest BCUT2D eigenvalue weighted by atomic mass is 35.5. The van der Waals surface area contributed by atoms with Crippen LogP contribution >= 0.6 is 12.4 Å². The Labute approximate surface area is 129 Å². The van der Waals surface area contributed by atoms with Gasteiger partial charge in [0.05, 0.1) is 11.3 Å². The lowest BCUT2D eigenvalue weighted by Gasteiger charge is -2.22. The van der Waals surface area contributed by atoms with E-state index in [1.807, 2.05) is 0 Å². The first-order valence-corrected chi connectivity index (χ1v) is 6.86. The van der Waals surface area contributed by atoms with E-state index in [-0.39, 0.29) is 30.4 Å².